The molecule has 1 aliphatic carbocycles. The zero-order valence-electron chi connectivity index (χ0n) is 6.80. The Morgan fingerprint density at radius 2 is 2.38 bits per heavy atom. The van der Waals surface area contributed by atoms with Crippen LogP contribution in [0.3, 0.4) is 0 Å². The van der Waals surface area contributed by atoms with Gasteiger partial charge in [0.25, 0.3) is 0 Å². The van der Waals surface area contributed by atoms with Crippen molar-refractivity contribution in [1.82, 2.24) is 4.98 Å². The van der Waals surface area contributed by atoms with Crippen LogP contribution < -0.4 is 0 Å². The van der Waals surface area contributed by atoms with E-state index in [2.05, 4.69) is 4.98 Å². The van der Waals surface area contributed by atoms with Crippen LogP contribution in [0.5, 0.6) is 0 Å². The van der Waals surface area contributed by atoms with Crippen molar-refractivity contribution in [3.05, 3.63) is 16.6 Å². The fraction of sp³-hybridized carbons (Fsp3) is 0.500. The maximum atomic E-state index is 10.6. The van der Waals surface area contributed by atoms with Gasteiger partial charge in [-0.15, -0.1) is 11.3 Å². The number of aliphatic carboxylic acids is 1. The van der Waals surface area contributed by atoms with Crippen LogP contribution in [0.1, 0.15) is 17.8 Å². The number of aliphatic hydroxyl groups is 1. The monoisotopic (exact) mass is 199 g/mol. The molecule has 1 heterocycles. The maximum Gasteiger partial charge on any atom is 0.333 e. The van der Waals surface area contributed by atoms with Crippen LogP contribution in [0, 0.1) is 0 Å². The zero-order chi connectivity index (χ0) is 9.47. The van der Waals surface area contributed by atoms with Gasteiger partial charge >= 0.3 is 5.97 Å². The van der Waals surface area contributed by atoms with Crippen molar-refractivity contribution < 1.29 is 15.0 Å². The van der Waals surface area contributed by atoms with E-state index in [4.69, 9.17) is 5.11 Å². The van der Waals surface area contributed by atoms with Gasteiger partial charge in [-0.3, -0.25) is 0 Å². The third-order valence-corrected chi connectivity index (χ3v) is 3.40. The summed E-state index contributed by atoms with van der Waals surface area (Å²) in [5.41, 5.74) is -0.583. The molecule has 1 atom stereocenters. The van der Waals surface area contributed by atoms with Crippen molar-refractivity contribution >= 4 is 17.3 Å². The van der Waals surface area contributed by atoms with Crippen LogP contribution in [0.25, 0.3) is 0 Å². The predicted octanol–water partition coefficient (Wildman–Crippen LogP) is 0.620. The Labute approximate surface area is 78.9 Å². The van der Waals surface area contributed by atoms with Gasteiger partial charge in [-0.05, 0) is 12.8 Å². The molecule has 13 heavy (non-hydrogen) atoms. The molecule has 1 fully saturated rings. The zero-order valence-corrected chi connectivity index (χ0v) is 7.62. The van der Waals surface area contributed by atoms with Crippen LogP contribution in [0.2, 0.25) is 0 Å². The molecule has 0 saturated heterocycles. The van der Waals surface area contributed by atoms with Gasteiger partial charge in [-0.1, -0.05) is 0 Å². The number of nitrogens with zero attached hydrogens (tertiary/aromatic N) is 1. The second-order valence-electron chi connectivity index (χ2n) is 3.23. The molecule has 5 heteroatoms. The molecule has 0 aromatic carbocycles. The summed E-state index contributed by atoms with van der Waals surface area (Å²) in [5.74, 6) is -1.16. The fourth-order valence-corrected chi connectivity index (χ4v) is 2.37. The highest BCUT2D eigenvalue weighted by Gasteiger charge is 2.55. The van der Waals surface area contributed by atoms with Gasteiger partial charge in [-0.25, -0.2) is 9.78 Å². The number of carboxylic acids is 1. The highest BCUT2D eigenvalue weighted by atomic mass is 32.1. The van der Waals surface area contributed by atoms with Crippen molar-refractivity contribution in [2.75, 3.05) is 0 Å². The molecule has 0 aliphatic heterocycles. The summed E-state index contributed by atoms with van der Waals surface area (Å²) in [7, 11) is 0. The van der Waals surface area contributed by atoms with E-state index in [0.29, 0.717) is 12.8 Å². The minimum Gasteiger partial charge on any atom is -0.479 e. The molecule has 1 saturated carbocycles. The highest BCUT2D eigenvalue weighted by Crippen LogP contribution is 2.51. The standard InChI is InChI=1S/C8H9NO3S/c10-5(6(11)12)8(1-2-8)7-9-3-4-13-7/h3-5,10H,1-2H2,(H,11,12). The summed E-state index contributed by atoms with van der Waals surface area (Å²) in [6.07, 6.45) is 1.76. The number of rotatable bonds is 3. The van der Waals surface area contributed by atoms with E-state index in [1.807, 2.05) is 0 Å². The molecule has 0 bridgehead atoms. The predicted molar refractivity (Wildman–Crippen MR) is 46.7 cm³/mol. The van der Waals surface area contributed by atoms with Crippen molar-refractivity contribution in [1.29, 1.82) is 0 Å². The van der Waals surface area contributed by atoms with Crippen molar-refractivity contribution in [2.45, 2.75) is 24.4 Å². The Hall–Kier alpha value is -0.940. The minimum atomic E-state index is -1.31. The average molecular weight is 199 g/mol. The van der Waals surface area contributed by atoms with Gasteiger partial charge in [0.2, 0.25) is 0 Å². The minimum absolute atomic E-state index is 0.583. The van der Waals surface area contributed by atoms with E-state index in [9.17, 15) is 9.90 Å². The summed E-state index contributed by atoms with van der Waals surface area (Å²) < 4.78 is 0. The van der Waals surface area contributed by atoms with Gasteiger partial charge in [-0.2, -0.15) is 0 Å². The summed E-state index contributed by atoms with van der Waals surface area (Å²) >= 11 is 1.40. The van der Waals surface area contributed by atoms with Gasteiger partial charge in [0.1, 0.15) is 5.01 Å². The molecule has 0 radical (unpaired) electrons. The summed E-state index contributed by atoms with van der Waals surface area (Å²) in [5, 5.41) is 20.7. The van der Waals surface area contributed by atoms with E-state index in [0.717, 1.165) is 5.01 Å². The van der Waals surface area contributed by atoms with Gasteiger partial charge < -0.3 is 10.2 Å². The third-order valence-electron chi connectivity index (χ3n) is 2.40. The Kier molecular flexibility index (Phi) is 1.85. The second kappa shape index (κ2) is 2.78. The first-order valence-electron chi connectivity index (χ1n) is 3.98. The van der Waals surface area contributed by atoms with E-state index in [1.165, 1.54) is 11.3 Å². The van der Waals surface area contributed by atoms with Gasteiger partial charge in [0.15, 0.2) is 6.10 Å². The van der Waals surface area contributed by atoms with Crippen LogP contribution in [-0.4, -0.2) is 27.3 Å². The van der Waals surface area contributed by atoms with Crippen LogP contribution in [0.4, 0.5) is 0 Å². The Morgan fingerprint density at radius 3 is 2.77 bits per heavy atom. The largest absolute Gasteiger partial charge is 0.479 e. The lowest BCUT2D eigenvalue weighted by Gasteiger charge is -2.15. The van der Waals surface area contributed by atoms with E-state index >= 15 is 0 Å². The molecule has 0 spiro atoms. The molecular weight excluding hydrogens is 190 g/mol. The average Bonchev–Trinajstić information content (AvgIpc) is 2.72. The van der Waals surface area contributed by atoms with Crippen molar-refractivity contribution in [3.8, 4) is 0 Å². The molecule has 4 nitrogen and oxygen atoms in total. The number of hydrogen-bond acceptors (Lipinski definition) is 4. The number of carboxylic acid groups (broad SMARTS) is 1. The van der Waals surface area contributed by atoms with Gasteiger partial charge in [0, 0.05) is 11.6 Å². The molecule has 1 aliphatic rings. The number of thiazole rings is 1. The SMILES string of the molecule is O=C(O)C(O)C1(c2nccs2)CC1. The van der Waals surface area contributed by atoms with E-state index in [-0.39, 0.29) is 0 Å². The summed E-state index contributed by atoms with van der Waals surface area (Å²) in [4.78, 5) is 14.7. The number of carbonyl (C=O) groups is 1. The Bertz CT molecular complexity index is 318. The lowest BCUT2D eigenvalue weighted by Crippen LogP contribution is -2.33. The fourth-order valence-electron chi connectivity index (χ4n) is 1.44. The lowest BCUT2D eigenvalue weighted by atomic mass is 10.0. The smallest absolute Gasteiger partial charge is 0.333 e. The molecule has 70 valence electrons. The number of aromatic nitrogens is 1. The first-order chi connectivity index (χ1) is 6.17. The first-order valence-corrected chi connectivity index (χ1v) is 4.86. The highest BCUT2D eigenvalue weighted by molar-refractivity contribution is 7.09. The Morgan fingerprint density at radius 1 is 1.69 bits per heavy atom. The molecule has 2 N–H and O–H groups in total. The quantitative estimate of drug-likeness (QED) is 0.748. The molecular formula is C8H9NO3S. The van der Waals surface area contributed by atoms with E-state index in [1.54, 1.807) is 11.6 Å². The van der Waals surface area contributed by atoms with Crippen LogP contribution in [0.15, 0.2) is 11.6 Å². The topological polar surface area (TPSA) is 70.4 Å². The third kappa shape index (κ3) is 1.24. The molecule has 1 aromatic rings. The first kappa shape index (κ1) is 8.65. The summed E-state index contributed by atoms with van der Waals surface area (Å²) in [6.45, 7) is 0. The van der Waals surface area contributed by atoms with Crippen LogP contribution in [-0.2, 0) is 10.2 Å². The maximum absolute atomic E-state index is 10.6. The second-order valence-corrected chi connectivity index (χ2v) is 4.13. The Balaban J connectivity index is 2.27. The molecule has 0 amide bonds. The number of hydrogen-bond donors (Lipinski definition) is 2. The number of aliphatic hydroxyl groups excluding tert-OH is 1. The summed E-state index contributed by atoms with van der Waals surface area (Å²) in [6, 6.07) is 0. The molecule has 1 aromatic heterocycles. The van der Waals surface area contributed by atoms with Gasteiger partial charge in [0.05, 0.1) is 5.41 Å². The molecule has 2 rings (SSSR count). The van der Waals surface area contributed by atoms with Crippen molar-refractivity contribution in [3.63, 3.8) is 0 Å². The van der Waals surface area contributed by atoms with Crippen LogP contribution >= 0.6 is 11.3 Å². The normalized spacial score (nSPS) is 21.0. The van der Waals surface area contributed by atoms with Crippen molar-refractivity contribution in [2.24, 2.45) is 0 Å². The molecule has 1 unspecified atom stereocenters. The lowest BCUT2D eigenvalue weighted by molar-refractivity contribution is -0.148. The van der Waals surface area contributed by atoms with E-state index < -0.39 is 17.5 Å².